The van der Waals surface area contributed by atoms with Gasteiger partial charge in [-0.3, -0.25) is 0 Å². The number of nitrogens with zero attached hydrogens (tertiary/aromatic N) is 4. The molecular formula is C27H30FN5O4. The predicted molar refractivity (Wildman–Crippen MR) is 139 cm³/mol. The van der Waals surface area contributed by atoms with E-state index in [1.54, 1.807) is 14.2 Å². The fraction of sp³-hybridized carbons (Fsp3) is 0.333. The molecule has 194 valence electrons. The van der Waals surface area contributed by atoms with E-state index in [4.69, 9.17) is 23.9 Å². The maximum absolute atomic E-state index is 14.4. The molecule has 0 saturated heterocycles. The largest absolute Gasteiger partial charge is 0.497 e. The molecule has 0 bridgehead atoms. The van der Waals surface area contributed by atoms with Crippen molar-refractivity contribution in [3.05, 3.63) is 59.5 Å². The van der Waals surface area contributed by atoms with E-state index in [2.05, 4.69) is 29.2 Å². The average Bonchev–Trinajstić information content (AvgIpc) is 3.32. The number of halogens is 1. The summed E-state index contributed by atoms with van der Waals surface area (Å²) in [6, 6.07) is 10.3. The Morgan fingerprint density at radius 1 is 1.11 bits per heavy atom. The van der Waals surface area contributed by atoms with Crippen LogP contribution >= 0.6 is 0 Å². The Morgan fingerprint density at radius 3 is 2.68 bits per heavy atom. The first-order valence-corrected chi connectivity index (χ1v) is 12.0. The molecule has 5 rings (SSSR count). The number of methoxy groups -OCH3 is 2. The van der Waals surface area contributed by atoms with Crippen molar-refractivity contribution in [1.29, 1.82) is 0 Å². The van der Waals surface area contributed by atoms with Gasteiger partial charge < -0.3 is 29.2 Å². The molecule has 0 fully saturated rings. The summed E-state index contributed by atoms with van der Waals surface area (Å²) in [6.45, 7) is 5.49. The summed E-state index contributed by atoms with van der Waals surface area (Å²) in [5.74, 6) is 3.37. The van der Waals surface area contributed by atoms with E-state index in [0.29, 0.717) is 48.4 Å². The third-order valence-electron chi connectivity index (χ3n) is 6.26. The van der Waals surface area contributed by atoms with Crippen LogP contribution in [0.25, 0.3) is 5.65 Å². The second-order valence-corrected chi connectivity index (χ2v) is 9.13. The fourth-order valence-electron chi connectivity index (χ4n) is 4.38. The summed E-state index contributed by atoms with van der Waals surface area (Å²) in [4.78, 5) is 6.90. The molecule has 0 spiro atoms. The van der Waals surface area contributed by atoms with Gasteiger partial charge in [-0.15, -0.1) is 0 Å². The van der Waals surface area contributed by atoms with Crippen LogP contribution in [0.1, 0.15) is 30.9 Å². The number of benzene rings is 2. The van der Waals surface area contributed by atoms with Crippen LogP contribution in [0.5, 0.6) is 23.0 Å². The summed E-state index contributed by atoms with van der Waals surface area (Å²) in [5.41, 5.74) is 3.14. The number of nitrogens with one attached hydrogen (secondary N) is 1. The Morgan fingerprint density at radius 2 is 1.92 bits per heavy atom. The molecule has 0 radical (unpaired) electrons. The first-order chi connectivity index (χ1) is 17.9. The molecule has 1 aliphatic rings. The van der Waals surface area contributed by atoms with Crippen molar-refractivity contribution in [2.75, 3.05) is 44.7 Å². The van der Waals surface area contributed by atoms with Gasteiger partial charge in [-0.25, -0.2) is 9.37 Å². The van der Waals surface area contributed by atoms with Gasteiger partial charge in [0.15, 0.2) is 17.1 Å². The number of hydrogen-bond acceptors (Lipinski definition) is 8. The Hall–Kier alpha value is -4.21. The van der Waals surface area contributed by atoms with E-state index in [9.17, 15) is 4.39 Å². The summed E-state index contributed by atoms with van der Waals surface area (Å²) < 4.78 is 38.5. The number of hydrogen-bond donors (Lipinski definition) is 1. The smallest absolute Gasteiger partial charge is 0.185 e. The highest BCUT2D eigenvalue weighted by molar-refractivity contribution is 5.72. The average molecular weight is 508 g/mol. The third-order valence-corrected chi connectivity index (χ3v) is 6.26. The van der Waals surface area contributed by atoms with E-state index >= 15 is 0 Å². The first kappa shape index (κ1) is 24.5. The van der Waals surface area contributed by atoms with Crippen LogP contribution in [0, 0.1) is 5.82 Å². The molecule has 0 amide bonds. The van der Waals surface area contributed by atoms with Gasteiger partial charge in [-0.1, -0.05) is 13.8 Å². The quantitative estimate of drug-likeness (QED) is 0.350. The molecular weight excluding hydrogens is 477 g/mol. The first-order valence-electron chi connectivity index (χ1n) is 12.0. The summed E-state index contributed by atoms with van der Waals surface area (Å²) in [5, 5.41) is 7.89. The van der Waals surface area contributed by atoms with Gasteiger partial charge >= 0.3 is 0 Å². The van der Waals surface area contributed by atoms with Crippen LogP contribution < -0.4 is 29.2 Å². The summed E-state index contributed by atoms with van der Waals surface area (Å²) in [7, 11) is 5.23. The number of aromatic nitrogens is 3. The molecule has 1 N–H and O–H groups in total. The molecule has 0 unspecified atom stereocenters. The van der Waals surface area contributed by atoms with Crippen LogP contribution in [-0.4, -0.2) is 49.1 Å². The highest BCUT2D eigenvalue weighted by atomic mass is 19.1. The van der Waals surface area contributed by atoms with Crippen molar-refractivity contribution in [1.82, 2.24) is 14.6 Å². The lowest BCUT2D eigenvalue weighted by Gasteiger charge is -2.24. The van der Waals surface area contributed by atoms with Crippen molar-refractivity contribution in [2.24, 2.45) is 0 Å². The third kappa shape index (κ3) is 4.78. The van der Waals surface area contributed by atoms with Crippen LogP contribution in [-0.2, 0) is 6.54 Å². The van der Waals surface area contributed by atoms with Crippen LogP contribution in [0.15, 0.2) is 42.6 Å². The van der Waals surface area contributed by atoms with Gasteiger partial charge in [0.1, 0.15) is 42.2 Å². The second-order valence-electron chi connectivity index (χ2n) is 9.13. The number of fused-ring (bicyclic) bond motifs is 2. The standard InChI is InChI=1S/C27H30FN5O4/c1-16(2)20-14-29-33-25(32(3)15-17-6-7-19(34-4)12-22(17)35-5)13-24(31-27(20)33)30-21-10-18(28)11-23-26(21)37-9-8-36-23/h6-7,10-14,16H,8-9,15H2,1-5H3,(H,30,31). The zero-order valence-corrected chi connectivity index (χ0v) is 21.5. The van der Waals surface area contributed by atoms with E-state index in [1.807, 2.05) is 42.0 Å². The van der Waals surface area contributed by atoms with E-state index < -0.39 is 5.82 Å². The van der Waals surface area contributed by atoms with E-state index in [-0.39, 0.29) is 5.92 Å². The van der Waals surface area contributed by atoms with Gasteiger partial charge in [0.05, 0.1) is 26.1 Å². The molecule has 2 aromatic carbocycles. The predicted octanol–water partition coefficient (Wildman–Crippen LogP) is 5.16. The Balaban J connectivity index is 1.56. The number of anilines is 3. The zero-order chi connectivity index (χ0) is 26.1. The van der Waals surface area contributed by atoms with E-state index in [0.717, 1.165) is 28.4 Å². The highest BCUT2D eigenvalue weighted by Gasteiger charge is 2.21. The molecule has 9 nitrogen and oxygen atoms in total. The van der Waals surface area contributed by atoms with E-state index in [1.165, 1.54) is 12.1 Å². The molecule has 2 aromatic heterocycles. The Labute approximate surface area is 214 Å². The van der Waals surface area contributed by atoms with Gasteiger partial charge in [0.25, 0.3) is 0 Å². The lowest BCUT2D eigenvalue weighted by atomic mass is 10.1. The van der Waals surface area contributed by atoms with Crippen molar-refractivity contribution in [3.8, 4) is 23.0 Å². The Bertz CT molecular complexity index is 1440. The monoisotopic (exact) mass is 507 g/mol. The molecule has 0 atom stereocenters. The molecule has 0 aliphatic carbocycles. The van der Waals surface area contributed by atoms with Crippen LogP contribution in [0.2, 0.25) is 0 Å². The van der Waals surface area contributed by atoms with Gasteiger partial charge in [-0.2, -0.15) is 9.61 Å². The molecule has 10 heteroatoms. The number of ether oxygens (including phenoxy) is 4. The minimum atomic E-state index is -0.427. The van der Waals surface area contributed by atoms with Crippen molar-refractivity contribution in [2.45, 2.75) is 26.3 Å². The fourth-order valence-corrected chi connectivity index (χ4v) is 4.38. The van der Waals surface area contributed by atoms with Crippen LogP contribution in [0.3, 0.4) is 0 Å². The molecule has 1 aliphatic heterocycles. The SMILES string of the molecule is COc1ccc(CN(C)c2cc(Nc3cc(F)cc4c3OCCO4)nc3c(C(C)C)cnn23)c(OC)c1. The highest BCUT2D eigenvalue weighted by Crippen LogP contribution is 2.40. The van der Waals surface area contributed by atoms with Crippen molar-refractivity contribution in [3.63, 3.8) is 0 Å². The van der Waals surface area contributed by atoms with Gasteiger partial charge in [-0.05, 0) is 18.1 Å². The summed E-state index contributed by atoms with van der Waals surface area (Å²) >= 11 is 0. The zero-order valence-electron chi connectivity index (χ0n) is 21.5. The maximum Gasteiger partial charge on any atom is 0.185 e. The van der Waals surface area contributed by atoms with Crippen LogP contribution in [0.4, 0.5) is 21.7 Å². The van der Waals surface area contributed by atoms with Crippen molar-refractivity contribution < 1.29 is 23.3 Å². The maximum atomic E-state index is 14.4. The van der Waals surface area contributed by atoms with Gasteiger partial charge in [0.2, 0.25) is 0 Å². The Kier molecular flexibility index (Phi) is 6.64. The lowest BCUT2D eigenvalue weighted by molar-refractivity contribution is 0.172. The number of rotatable bonds is 8. The molecule has 0 saturated carbocycles. The summed E-state index contributed by atoms with van der Waals surface area (Å²) in [6.07, 6.45) is 1.84. The molecule has 4 aromatic rings. The van der Waals surface area contributed by atoms with Crippen molar-refractivity contribution >= 4 is 23.0 Å². The molecule has 37 heavy (non-hydrogen) atoms. The minimum Gasteiger partial charge on any atom is -0.497 e. The molecule has 3 heterocycles. The van der Waals surface area contributed by atoms with Gasteiger partial charge in [0, 0.05) is 49.0 Å². The topological polar surface area (TPSA) is 82.4 Å². The minimum absolute atomic E-state index is 0.207. The normalized spacial score (nSPS) is 12.6. The second kappa shape index (κ2) is 10.0. The lowest BCUT2D eigenvalue weighted by Crippen LogP contribution is -2.21.